The highest BCUT2D eigenvalue weighted by atomic mass is 16.4. The molecule has 0 aromatic carbocycles. The Morgan fingerprint density at radius 3 is 2.30 bits per heavy atom. The third-order valence-electron chi connectivity index (χ3n) is 5.25. The van der Waals surface area contributed by atoms with Gasteiger partial charge in [0.1, 0.15) is 0 Å². The normalized spacial score (nSPS) is 30.9. The van der Waals surface area contributed by atoms with E-state index < -0.39 is 11.4 Å². The summed E-state index contributed by atoms with van der Waals surface area (Å²) in [6.45, 7) is 8.61. The van der Waals surface area contributed by atoms with Crippen molar-refractivity contribution in [2.75, 3.05) is 13.1 Å². The molecule has 0 heterocycles. The Hall–Kier alpha value is -0.570. The highest BCUT2D eigenvalue weighted by molar-refractivity contribution is 5.75. The highest BCUT2D eigenvalue weighted by Gasteiger charge is 2.44. The molecule has 2 fully saturated rings. The first kappa shape index (κ1) is 15.8. The van der Waals surface area contributed by atoms with Gasteiger partial charge >= 0.3 is 5.97 Å². The van der Waals surface area contributed by atoms with Gasteiger partial charge in [0, 0.05) is 12.6 Å². The van der Waals surface area contributed by atoms with Crippen LogP contribution < -0.4 is 0 Å². The summed E-state index contributed by atoms with van der Waals surface area (Å²) in [5, 5.41) is 9.78. The maximum Gasteiger partial charge on any atom is 0.310 e. The fourth-order valence-corrected chi connectivity index (χ4v) is 3.40. The van der Waals surface area contributed by atoms with Crippen molar-refractivity contribution in [2.24, 2.45) is 17.3 Å². The molecule has 3 heteroatoms. The Labute approximate surface area is 123 Å². The number of nitrogens with zero attached hydrogens (tertiary/aromatic N) is 1. The Bertz CT molecular complexity index is 328. The fourth-order valence-electron chi connectivity index (χ4n) is 3.40. The highest BCUT2D eigenvalue weighted by Crippen LogP contribution is 2.41. The van der Waals surface area contributed by atoms with Crippen LogP contribution in [-0.4, -0.2) is 35.1 Å². The molecule has 0 aromatic rings. The van der Waals surface area contributed by atoms with Gasteiger partial charge in [0.25, 0.3) is 0 Å². The van der Waals surface area contributed by atoms with Crippen molar-refractivity contribution in [3.8, 4) is 0 Å². The molecule has 1 N–H and O–H groups in total. The predicted molar refractivity (Wildman–Crippen MR) is 81.8 cm³/mol. The van der Waals surface area contributed by atoms with Crippen LogP contribution in [0.3, 0.4) is 0 Å². The monoisotopic (exact) mass is 281 g/mol. The van der Waals surface area contributed by atoms with Crippen LogP contribution in [0, 0.1) is 17.3 Å². The molecule has 116 valence electrons. The molecule has 0 aromatic heterocycles. The quantitative estimate of drug-likeness (QED) is 0.772. The molecule has 0 radical (unpaired) electrons. The van der Waals surface area contributed by atoms with Gasteiger partial charge in [-0.2, -0.15) is 0 Å². The molecule has 0 unspecified atom stereocenters. The minimum Gasteiger partial charge on any atom is -0.481 e. The van der Waals surface area contributed by atoms with Crippen LogP contribution in [0.25, 0.3) is 0 Å². The van der Waals surface area contributed by atoms with E-state index in [1.807, 2.05) is 0 Å². The van der Waals surface area contributed by atoms with Gasteiger partial charge in [0.2, 0.25) is 0 Å². The summed E-state index contributed by atoms with van der Waals surface area (Å²) in [6, 6.07) is 0.671. The molecule has 0 bridgehead atoms. The minimum absolute atomic E-state index is 0.466. The fraction of sp³-hybridized carbons (Fsp3) is 0.941. The van der Waals surface area contributed by atoms with Crippen LogP contribution in [0.5, 0.6) is 0 Å². The van der Waals surface area contributed by atoms with Gasteiger partial charge < -0.3 is 5.11 Å². The van der Waals surface area contributed by atoms with Gasteiger partial charge in [0.15, 0.2) is 0 Å². The van der Waals surface area contributed by atoms with Gasteiger partial charge in [-0.25, -0.2) is 0 Å². The van der Waals surface area contributed by atoms with Crippen LogP contribution in [0.2, 0.25) is 0 Å². The molecule has 0 amide bonds. The Kier molecular flexibility index (Phi) is 5.11. The molecule has 0 atom stereocenters. The first-order valence-electron chi connectivity index (χ1n) is 8.40. The molecular weight excluding hydrogens is 250 g/mol. The zero-order chi connectivity index (χ0) is 14.8. The van der Waals surface area contributed by atoms with Gasteiger partial charge in [-0.1, -0.05) is 20.8 Å². The van der Waals surface area contributed by atoms with Gasteiger partial charge in [-0.05, 0) is 63.3 Å². The number of aliphatic carboxylic acids is 1. The number of rotatable bonds is 7. The summed E-state index contributed by atoms with van der Waals surface area (Å²) < 4.78 is 0. The van der Waals surface area contributed by atoms with Crippen LogP contribution in [0.1, 0.15) is 65.7 Å². The first-order chi connectivity index (χ1) is 9.43. The Balaban J connectivity index is 1.99. The van der Waals surface area contributed by atoms with E-state index in [1.165, 1.54) is 19.3 Å². The maximum absolute atomic E-state index is 11.9. The largest absolute Gasteiger partial charge is 0.481 e. The van der Waals surface area contributed by atoms with Crippen LogP contribution in [0.4, 0.5) is 0 Å². The van der Waals surface area contributed by atoms with Crippen molar-refractivity contribution >= 4 is 5.97 Å². The van der Waals surface area contributed by atoms with Crippen molar-refractivity contribution in [3.63, 3.8) is 0 Å². The lowest BCUT2D eigenvalue weighted by Gasteiger charge is -2.40. The summed E-state index contributed by atoms with van der Waals surface area (Å²) in [5.74, 6) is 0.843. The zero-order valence-corrected chi connectivity index (χ0v) is 13.4. The first-order valence-corrected chi connectivity index (χ1v) is 8.40. The third-order valence-corrected chi connectivity index (χ3v) is 5.25. The van der Waals surface area contributed by atoms with Gasteiger partial charge in [-0.3, -0.25) is 9.69 Å². The van der Waals surface area contributed by atoms with Crippen LogP contribution in [-0.2, 0) is 4.79 Å². The molecule has 2 saturated carbocycles. The van der Waals surface area contributed by atoms with E-state index in [9.17, 15) is 9.90 Å². The smallest absolute Gasteiger partial charge is 0.310 e. The second-order valence-electron chi connectivity index (χ2n) is 7.65. The zero-order valence-electron chi connectivity index (χ0n) is 13.4. The number of hydrogen-bond acceptors (Lipinski definition) is 2. The van der Waals surface area contributed by atoms with Crippen LogP contribution in [0.15, 0.2) is 0 Å². The summed E-state index contributed by atoms with van der Waals surface area (Å²) in [6.07, 6.45) is 7.61. The summed E-state index contributed by atoms with van der Waals surface area (Å²) in [7, 11) is 0. The van der Waals surface area contributed by atoms with Crippen molar-refractivity contribution < 1.29 is 9.90 Å². The van der Waals surface area contributed by atoms with Gasteiger partial charge in [-0.15, -0.1) is 0 Å². The molecule has 0 saturated heterocycles. The summed E-state index contributed by atoms with van der Waals surface area (Å²) in [5.41, 5.74) is -0.466. The Morgan fingerprint density at radius 2 is 1.85 bits per heavy atom. The van der Waals surface area contributed by atoms with E-state index in [0.29, 0.717) is 17.9 Å². The summed E-state index contributed by atoms with van der Waals surface area (Å²) >= 11 is 0. The van der Waals surface area contributed by atoms with E-state index in [2.05, 4.69) is 25.7 Å². The molecule has 2 aliphatic carbocycles. The number of carbonyl (C=O) groups is 1. The molecule has 0 spiro atoms. The average molecular weight is 281 g/mol. The van der Waals surface area contributed by atoms with Crippen LogP contribution >= 0.6 is 0 Å². The van der Waals surface area contributed by atoms with Crippen molar-refractivity contribution in [1.29, 1.82) is 0 Å². The van der Waals surface area contributed by atoms with E-state index >= 15 is 0 Å². The van der Waals surface area contributed by atoms with Gasteiger partial charge in [0.05, 0.1) is 5.41 Å². The minimum atomic E-state index is -0.556. The lowest BCUT2D eigenvalue weighted by Crippen LogP contribution is -2.46. The van der Waals surface area contributed by atoms with E-state index in [4.69, 9.17) is 0 Å². The lowest BCUT2D eigenvalue weighted by molar-refractivity contribution is -0.153. The second-order valence-corrected chi connectivity index (χ2v) is 7.65. The van der Waals surface area contributed by atoms with Crippen molar-refractivity contribution in [1.82, 2.24) is 4.90 Å². The topological polar surface area (TPSA) is 40.5 Å². The van der Waals surface area contributed by atoms with Crippen molar-refractivity contribution in [2.45, 2.75) is 71.8 Å². The van der Waals surface area contributed by atoms with E-state index in [1.54, 1.807) is 0 Å². The SMILES string of the molecule is CC(C)CCN(CC1(C(=O)O)CCC(C)CC1)C1CC1. The number of carboxylic acid groups (broad SMARTS) is 1. The molecule has 0 aliphatic heterocycles. The standard InChI is InChI=1S/C17H31NO2/c1-13(2)8-11-18(15-4-5-15)12-17(16(19)20)9-6-14(3)7-10-17/h13-15H,4-12H2,1-3H3,(H,19,20). The molecule has 2 aliphatic rings. The maximum atomic E-state index is 11.9. The lowest BCUT2D eigenvalue weighted by atomic mass is 9.70. The molecule has 20 heavy (non-hydrogen) atoms. The predicted octanol–water partition coefficient (Wildman–Crippen LogP) is 3.78. The van der Waals surface area contributed by atoms with E-state index in [-0.39, 0.29) is 0 Å². The van der Waals surface area contributed by atoms with Crippen molar-refractivity contribution in [3.05, 3.63) is 0 Å². The number of hydrogen-bond donors (Lipinski definition) is 1. The van der Waals surface area contributed by atoms with E-state index in [0.717, 1.165) is 38.8 Å². The summed E-state index contributed by atoms with van der Waals surface area (Å²) in [4.78, 5) is 14.4. The molecule has 3 nitrogen and oxygen atoms in total. The Morgan fingerprint density at radius 1 is 1.25 bits per heavy atom. The molecule has 2 rings (SSSR count). The third kappa shape index (κ3) is 3.97. The molecular formula is C17H31NO2. The average Bonchev–Trinajstić information content (AvgIpc) is 3.21. The number of carboxylic acids is 1. The second kappa shape index (κ2) is 6.46.